The standard InChI is InChI=1S/C25H18Cl2O3S/c1-30-16-12-10-15(11-13-16)24(28)17-5-2-8-20(27)23(17)25(29,21-9-4-14-31-21)18-6-3-7-19(26)22(18)24/h2-14,28-29H,1H3. The first-order chi connectivity index (χ1) is 14.9. The van der Waals surface area contributed by atoms with E-state index in [4.69, 9.17) is 27.9 Å². The number of methoxy groups -OCH3 is 1. The van der Waals surface area contributed by atoms with Crippen LogP contribution in [-0.4, -0.2) is 17.3 Å². The Morgan fingerprint density at radius 3 is 1.87 bits per heavy atom. The molecule has 0 bridgehead atoms. The van der Waals surface area contributed by atoms with Gasteiger partial charge < -0.3 is 14.9 Å². The Morgan fingerprint density at radius 1 is 0.742 bits per heavy atom. The van der Waals surface area contributed by atoms with Crippen molar-refractivity contribution in [1.29, 1.82) is 0 Å². The molecule has 0 radical (unpaired) electrons. The monoisotopic (exact) mass is 468 g/mol. The molecule has 1 aliphatic carbocycles. The Morgan fingerprint density at radius 2 is 1.32 bits per heavy atom. The van der Waals surface area contributed by atoms with Gasteiger partial charge in [-0.25, -0.2) is 0 Å². The molecule has 0 amide bonds. The minimum absolute atomic E-state index is 0.358. The molecule has 5 rings (SSSR count). The summed E-state index contributed by atoms with van der Waals surface area (Å²) >= 11 is 14.8. The lowest BCUT2D eigenvalue weighted by Gasteiger charge is -2.45. The molecule has 2 unspecified atom stereocenters. The largest absolute Gasteiger partial charge is 0.497 e. The number of hydrogen-bond acceptors (Lipinski definition) is 4. The molecule has 0 spiro atoms. The average molecular weight is 469 g/mol. The predicted octanol–water partition coefficient (Wildman–Crippen LogP) is 5.95. The maximum Gasteiger partial charge on any atom is 0.151 e. The van der Waals surface area contributed by atoms with Gasteiger partial charge in [-0.05, 0) is 41.3 Å². The lowest BCUT2D eigenvalue weighted by atomic mass is 9.65. The Kier molecular flexibility index (Phi) is 4.88. The van der Waals surface area contributed by atoms with Crippen molar-refractivity contribution in [2.24, 2.45) is 0 Å². The Balaban J connectivity index is 1.93. The van der Waals surface area contributed by atoms with Gasteiger partial charge in [0, 0.05) is 37.2 Å². The van der Waals surface area contributed by atoms with E-state index in [1.165, 1.54) is 11.3 Å². The van der Waals surface area contributed by atoms with E-state index in [9.17, 15) is 10.2 Å². The van der Waals surface area contributed by atoms with E-state index in [0.29, 0.717) is 48.5 Å². The summed E-state index contributed by atoms with van der Waals surface area (Å²) in [5, 5.41) is 27.2. The van der Waals surface area contributed by atoms with Gasteiger partial charge in [0.25, 0.3) is 0 Å². The normalized spacial score (nSPS) is 22.0. The fourth-order valence-corrected chi connectivity index (χ4v) is 5.99. The number of hydrogen-bond donors (Lipinski definition) is 2. The summed E-state index contributed by atoms with van der Waals surface area (Å²) in [6, 6.07) is 21.5. The SMILES string of the molecule is COc1ccc(C2(O)c3cccc(Cl)c3C(O)(c3cccs3)c3cccc(Cl)c32)cc1. The molecule has 3 nitrogen and oxygen atoms in total. The van der Waals surface area contributed by atoms with Gasteiger partial charge in [-0.1, -0.05) is 65.7 Å². The molecular weight excluding hydrogens is 451 g/mol. The van der Waals surface area contributed by atoms with Crippen molar-refractivity contribution in [3.05, 3.63) is 121 Å². The summed E-state index contributed by atoms with van der Waals surface area (Å²) in [6.45, 7) is 0. The average Bonchev–Trinajstić information content (AvgIpc) is 3.33. The van der Waals surface area contributed by atoms with Crippen LogP contribution in [0.2, 0.25) is 10.0 Å². The molecule has 3 aromatic carbocycles. The van der Waals surface area contributed by atoms with E-state index in [2.05, 4.69) is 0 Å². The van der Waals surface area contributed by atoms with E-state index in [1.54, 1.807) is 67.8 Å². The third-order valence-electron chi connectivity index (χ3n) is 5.92. The summed E-state index contributed by atoms with van der Waals surface area (Å²) in [5.41, 5.74) is -0.702. The Hall–Kier alpha value is -2.34. The lowest BCUT2D eigenvalue weighted by Crippen LogP contribution is -2.44. The van der Waals surface area contributed by atoms with Crippen LogP contribution in [0.25, 0.3) is 0 Å². The highest BCUT2D eigenvalue weighted by molar-refractivity contribution is 7.10. The third kappa shape index (κ3) is 2.80. The molecule has 1 aliphatic rings. The Bertz CT molecular complexity index is 1270. The molecule has 31 heavy (non-hydrogen) atoms. The number of aliphatic hydroxyl groups is 2. The molecule has 6 heteroatoms. The molecular formula is C25H18Cl2O3S. The number of thiophene rings is 1. The van der Waals surface area contributed by atoms with Gasteiger partial charge in [0.15, 0.2) is 5.60 Å². The summed E-state index contributed by atoms with van der Waals surface area (Å²) in [7, 11) is 1.59. The summed E-state index contributed by atoms with van der Waals surface area (Å²) < 4.78 is 5.29. The zero-order valence-electron chi connectivity index (χ0n) is 16.5. The highest BCUT2D eigenvalue weighted by Gasteiger charge is 2.53. The second-order valence-corrected chi connectivity index (χ2v) is 9.21. The van der Waals surface area contributed by atoms with Crippen LogP contribution in [0.4, 0.5) is 0 Å². The van der Waals surface area contributed by atoms with E-state index in [-0.39, 0.29) is 0 Å². The first kappa shape index (κ1) is 20.6. The molecule has 2 atom stereocenters. The third-order valence-corrected chi connectivity index (χ3v) is 7.52. The summed E-state index contributed by atoms with van der Waals surface area (Å²) in [5.74, 6) is 0.670. The quantitative estimate of drug-likeness (QED) is 0.390. The van der Waals surface area contributed by atoms with Gasteiger partial charge in [-0.3, -0.25) is 0 Å². The maximum atomic E-state index is 12.4. The smallest absolute Gasteiger partial charge is 0.151 e. The molecule has 0 saturated carbocycles. The zero-order valence-corrected chi connectivity index (χ0v) is 18.8. The molecule has 0 saturated heterocycles. The molecule has 156 valence electrons. The van der Waals surface area contributed by atoms with Gasteiger partial charge in [0.05, 0.1) is 7.11 Å². The molecule has 2 N–H and O–H groups in total. The number of benzene rings is 3. The zero-order chi connectivity index (χ0) is 21.8. The van der Waals surface area contributed by atoms with Crippen LogP contribution in [0.5, 0.6) is 5.75 Å². The first-order valence-electron chi connectivity index (χ1n) is 9.64. The Labute approximate surface area is 194 Å². The molecule has 1 aromatic heterocycles. The van der Waals surface area contributed by atoms with Crippen LogP contribution >= 0.6 is 34.5 Å². The van der Waals surface area contributed by atoms with Crippen LogP contribution in [0.15, 0.2) is 78.2 Å². The number of halogens is 2. The topological polar surface area (TPSA) is 49.7 Å². The van der Waals surface area contributed by atoms with Crippen molar-refractivity contribution in [3.8, 4) is 5.75 Å². The van der Waals surface area contributed by atoms with Crippen molar-refractivity contribution in [2.45, 2.75) is 11.2 Å². The molecule has 4 aromatic rings. The van der Waals surface area contributed by atoms with Crippen LogP contribution in [0, 0.1) is 0 Å². The second kappa shape index (κ2) is 7.37. The van der Waals surface area contributed by atoms with Crippen molar-refractivity contribution < 1.29 is 14.9 Å². The fourth-order valence-electron chi connectivity index (χ4n) is 4.53. The fraction of sp³-hybridized carbons (Fsp3) is 0.120. The van der Waals surface area contributed by atoms with E-state index >= 15 is 0 Å². The highest BCUT2D eigenvalue weighted by Crippen LogP contribution is 2.57. The number of rotatable bonds is 3. The van der Waals surface area contributed by atoms with E-state index in [1.807, 2.05) is 17.5 Å². The highest BCUT2D eigenvalue weighted by atomic mass is 35.5. The van der Waals surface area contributed by atoms with Gasteiger partial charge in [-0.15, -0.1) is 11.3 Å². The van der Waals surface area contributed by atoms with Crippen molar-refractivity contribution in [2.75, 3.05) is 7.11 Å². The summed E-state index contributed by atoms with van der Waals surface area (Å²) in [4.78, 5) is 0.696. The first-order valence-corrected chi connectivity index (χ1v) is 11.3. The van der Waals surface area contributed by atoms with Gasteiger partial charge in [-0.2, -0.15) is 0 Å². The van der Waals surface area contributed by atoms with Crippen molar-refractivity contribution in [1.82, 2.24) is 0 Å². The van der Waals surface area contributed by atoms with Gasteiger partial charge in [0.2, 0.25) is 0 Å². The van der Waals surface area contributed by atoms with Crippen molar-refractivity contribution in [3.63, 3.8) is 0 Å². The molecule has 0 aliphatic heterocycles. The second-order valence-electron chi connectivity index (χ2n) is 7.45. The summed E-state index contributed by atoms with van der Waals surface area (Å²) in [6.07, 6.45) is 0. The van der Waals surface area contributed by atoms with E-state index in [0.717, 1.165) is 0 Å². The van der Waals surface area contributed by atoms with E-state index < -0.39 is 11.2 Å². The van der Waals surface area contributed by atoms with Gasteiger partial charge in [0.1, 0.15) is 11.4 Å². The van der Waals surface area contributed by atoms with Crippen LogP contribution in [0.3, 0.4) is 0 Å². The van der Waals surface area contributed by atoms with Crippen LogP contribution < -0.4 is 4.74 Å². The number of ether oxygens (including phenoxy) is 1. The van der Waals surface area contributed by atoms with Crippen molar-refractivity contribution >= 4 is 34.5 Å². The minimum Gasteiger partial charge on any atom is -0.497 e. The minimum atomic E-state index is -1.62. The maximum absolute atomic E-state index is 12.4. The molecule has 1 heterocycles. The van der Waals surface area contributed by atoms with Crippen LogP contribution in [0.1, 0.15) is 32.7 Å². The number of fused-ring (bicyclic) bond motifs is 2. The van der Waals surface area contributed by atoms with Crippen LogP contribution in [-0.2, 0) is 11.2 Å². The lowest BCUT2D eigenvalue weighted by molar-refractivity contribution is 0.0768. The van der Waals surface area contributed by atoms with Gasteiger partial charge >= 0.3 is 0 Å². The molecule has 0 fully saturated rings. The predicted molar refractivity (Wildman–Crippen MR) is 124 cm³/mol.